The number of aryl methyl sites for hydroxylation is 1. The molecule has 29 heavy (non-hydrogen) atoms. The minimum atomic E-state index is -0.140. The van der Waals surface area contributed by atoms with E-state index in [0.717, 1.165) is 11.3 Å². The number of rotatable bonds is 3. The Morgan fingerprint density at radius 1 is 1.17 bits per heavy atom. The molecule has 154 valence electrons. The van der Waals surface area contributed by atoms with E-state index < -0.39 is 0 Å². The molecule has 2 aliphatic heterocycles. The standard InChI is InChI=1S/C21H26N4O4/c1-13-9-18(29-22-13)20(26)24-10-15-11-25(21(27)23(2)3)19(17(15)12-24)14-5-7-16(28-4)8-6-14/h5-9,15,17,19H,10-12H2,1-4H3/t15-,17-,19+/m1/s1. The van der Waals surface area contributed by atoms with Crippen molar-refractivity contribution in [2.24, 2.45) is 11.8 Å². The van der Waals surface area contributed by atoms with E-state index in [1.54, 1.807) is 39.1 Å². The van der Waals surface area contributed by atoms with Crippen molar-refractivity contribution >= 4 is 11.9 Å². The quantitative estimate of drug-likeness (QED) is 0.793. The Bertz CT molecular complexity index is 908. The first kappa shape index (κ1) is 19.3. The van der Waals surface area contributed by atoms with Gasteiger partial charge in [0.05, 0.1) is 18.8 Å². The van der Waals surface area contributed by atoms with Crippen molar-refractivity contribution in [2.45, 2.75) is 13.0 Å². The third-order valence-electron chi connectivity index (χ3n) is 5.88. The Hall–Kier alpha value is -3.03. The maximum atomic E-state index is 12.8. The smallest absolute Gasteiger partial charge is 0.320 e. The number of benzene rings is 1. The Kier molecular flexibility index (Phi) is 4.94. The van der Waals surface area contributed by atoms with Gasteiger partial charge >= 0.3 is 6.03 Å². The van der Waals surface area contributed by atoms with E-state index in [2.05, 4.69) is 5.16 Å². The van der Waals surface area contributed by atoms with Crippen molar-refractivity contribution in [3.05, 3.63) is 47.3 Å². The van der Waals surface area contributed by atoms with Gasteiger partial charge in [-0.2, -0.15) is 0 Å². The van der Waals surface area contributed by atoms with Crippen LogP contribution in [-0.2, 0) is 0 Å². The van der Waals surface area contributed by atoms with Crippen LogP contribution in [0.3, 0.4) is 0 Å². The van der Waals surface area contributed by atoms with E-state index in [9.17, 15) is 9.59 Å². The molecule has 0 spiro atoms. The van der Waals surface area contributed by atoms with Crippen LogP contribution in [0.1, 0.15) is 27.9 Å². The number of nitrogens with zero attached hydrogens (tertiary/aromatic N) is 4. The molecule has 8 heteroatoms. The van der Waals surface area contributed by atoms with Crippen LogP contribution < -0.4 is 4.74 Å². The molecule has 2 saturated heterocycles. The lowest BCUT2D eigenvalue weighted by Gasteiger charge is -2.31. The minimum Gasteiger partial charge on any atom is -0.497 e. The highest BCUT2D eigenvalue weighted by Crippen LogP contribution is 2.45. The van der Waals surface area contributed by atoms with Crippen LogP contribution in [0.15, 0.2) is 34.9 Å². The number of aromatic nitrogens is 1. The maximum absolute atomic E-state index is 12.8. The summed E-state index contributed by atoms with van der Waals surface area (Å²) in [7, 11) is 5.17. The Labute approximate surface area is 170 Å². The van der Waals surface area contributed by atoms with E-state index in [4.69, 9.17) is 9.26 Å². The molecule has 8 nitrogen and oxygen atoms in total. The van der Waals surface area contributed by atoms with Crippen molar-refractivity contribution in [3.63, 3.8) is 0 Å². The number of methoxy groups -OCH3 is 1. The molecule has 2 aromatic rings. The van der Waals surface area contributed by atoms with Gasteiger partial charge in [-0.3, -0.25) is 4.79 Å². The monoisotopic (exact) mass is 398 g/mol. The predicted molar refractivity (Wildman–Crippen MR) is 106 cm³/mol. The number of ether oxygens (including phenoxy) is 1. The molecule has 0 aliphatic carbocycles. The van der Waals surface area contributed by atoms with Gasteiger partial charge in [-0.25, -0.2) is 4.79 Å². The second-order valence-electron chi connectivity index (χ2n) is 8.01. The molecule has 3 atom stereocenters. The van der Waals surface area contributed by atoms with Gasteiger partial charge in [0, 0.05) is 51.6 Å². The summed E-state index contributed by atoms with van der Waals surface area (Å²) >= 11 is 0. The number of fused-ring (bicyclic) bond motifs is 1. The lowest BCUT2D eigenvalue weighted by atomic mass is 9.89. The topological polar surface area (TPSA) is 79.1 Å². The van der Waals surface area contributed by atoms with Crippen LogP contribution in [0.5, 0.6) is 5.75 Å². The van der Waals surface area contributed by atoms with E-state index in [0.29, 0.717) is 25.3 Å². The van der Waals surface area contributed by atoms with Crippen LogP contribution in [-0.4, -0.2) is 72.6 Å². The van der Waals surface area contributed by atoms with Crippen molar-refractivity contribution in [1.82, 2.24) is 19.9 Å². The average molecular weight is 398 g/mol. The van der Waals surface area contributed by atoms with Crippen molar-refractivity contribution in [2.75, 3.05) is 40.8 Å². The molecule has 1 aromatic heterocycles. The van der Waals surface area contributed by atoms with Gasteiger partial charge in [0.15, 0.2) is 0 Å². The van der Waals surface area contributed by atoms with Gasteiger partial charge in [-0.05, 0) is 24.6 Å². The highest BCUT2D eigenvalue weighted by molar-refractivity contribution is 5.91. The van der Waals surface area contributed by atoms with Gasteiger partial charge in [-0.1, -0.05) is 17.3 Å². The summed E-state index contributed by atoms with van der Waals surface area (Å²) in [5, 5.41) is 3.82. The molecular weight excluding hydrogens is 372 g/mol. The normalized spacial score (nSPS) is 23.2. The molecule has 0 unspecified atom stereocenters. The third-order valence-corrected chi connectivity index (χ3v) is 5.88. The zero-order valence-electron chi connectivity index (χ0n) is 17.2. The lowest BCUT2D eigenvalue weighted by Crippen LogP contribution is -2.42. The SMILES string of the molecule is COc1ccc([C@H]2[C@@H]3CN(C(=O)c4cc(C)no4)C[C@@H]3CN2C(=O)N(C)C)cc1. The van der Waals surface area contributed by atoms with Crippen LogP contribution in [0.25, 0.3) is 0 Å². The number of hydrogen-bond acceptors (Lipinski definition) is 5. The number of carbonyl (C=O) groups excluding carboxylic acids is 2. The zero-order chi connectivity index (χ0) is 20.7. The zero-order valence-corrected chi connectivity index (χ0v) is 17.2. The Morgan fingerprint density at radius 2 is 1.90 bits per heavy atom. The Morgan fingerprint density at radius 3 is 2.48 bits per heavy atom. The molecule has 0 saturated carbocycles. The van der Waals surface area contributed by atoms with Crippen LogP contribution >= 0.6 is 0 Å². The summed E-state index contributed by atoms with van der Waals surface area (Å²) in [6.45, 7) is 3.60. The van der Waals surface area contributed by atoms with E-state index in [1.807, 2.05) is 34.1 Å². The number of likely N-dealkylation sites (tertiary alicyclic amines) is 2. The van der Waals surface area contributed by atoms with Crippen LogP contribution in [0.2, 0.25) is 0 Å². The van der Waals surface area contributed by atoms with E-state index in [1.165, 1.54) is 0 Å². The number of amides is 3. The molecule has 2 fully saturated rings. The molecule has 4 rings (SSSR count). The van der Waals surface area contributed by atoms with Crippen molar-refractivity contribution < 1.29 is 18.8 Å². The molecule has 2 aliphatic rings. The molecule has 3 heterocycles. The fourth-order valence-electron chi connectivity index (χ4n) is 4.51. The largest absolute Gasteiger partial charge is 0.497 e. The molecular formula is C21H26N4O4. The maximum Gasteiger partial charge on any atom is 0.320 e. The summed E-state index contributed by atoms with van der Waals surface area (Å²) in [6, 6.07) is 9.41. The van der Waals surface area contributed by atoms with E-state index >= 15 is 0 Å². The fraction of sp³-hybridized carbons (Fsp3) is 0.476. The molecule has 1 aromatic carbocycles. The first-order valence-corrected chi connectivity index (χ1v) is 9.73. The summed E-state index contributed by atoms with van der Waals surface area (Å²) in [5.41, 5.74) is 1.74. The van der Waals surface area contributed by atoms with Crippen molar-refractivity contribution in [1.29, 1.82) is 0 Å². The first-order valence-electron chi connectivity index (χ1n) is 9.73. The summed E-state index contributed by atoms with van der Waals surface area (Å²) < 4.78 is 10.4. The number of urea groups is 1. The van der Waals surface area contributed by atoms with Gasteiger partial charge in [0.1, 0.15) is 5.75 Å². The highest BCUT2D eigenvalue weighted by atomic mass is 16.5. The van der Waals surface area contributed by atoms with E-state index in [-0.39, 0.29) is 35.6 Å². The van der Waals surface area contributed by atoms with Crippen LogP contribution in [0.4, 0.5) is 4.79 Å². The van der Waals surface area contributed by atoms with Gasteiger partial charge < -0.3 is 24.0 Å². The average Bonchev–Trinajstić information content (AvgIpc) is 3.40. The lowest BCUT2D eigenvalue weighted by molar-refractivity contribution is 0.0725. The highest BCUT2D eigenvalue weighted by Gasteiger charge is 2.50. The summed E-state index contributed by atoms with van der Waals surface area (Å²) in [4.78, 5) is 31.0. The number of carbonyl (C=O) groups is 2. The Balaban J connectivity index is 1.60. The van der Waals surface area contributed by atoms with Crippen molar-refractivity contribution in [3.8, 4) is 5.75 Å². The number of hydrogen-bond donors (Lipinski definition) is 0. The third kappa shape index (κ3) is 3.43. The minimum absolute atomic E-state index is 0.0102. The first-order chi connectivity index (χ1) is 13.9. The summed E-state index contributed by atoms with van der Waals surface area (Å²) in [6.07, 6.45) is 0. The van der Waals surface area contributed by atoms with Gasteiger partial charge in [-0.15, -0.1) is 0 Å². The molecule has 0 bridgehead atoms. The molecule has 0 radical (unpaired) electrons. The van der Waals surface area contributed by atoms with Gasteiger partial charge in [0.25, 0.3) is 5.91 Å². The second kappa shape index (κ2) is 7.42. The summed E-state index contributed by atoms with van der Waals surface area (Å²) in [5.74, 6) is 1.29. The fourth-order valence-corrected chi connectivity index (χ4v) is 4.51. The van der Waals surface area contributed by atoms with Crippen LogP contribution in [0, 0.1) is 18.8 Å². The van der Waals surface area contributed by atoms with Gasteiger partial charge in [0.2, 0.25) is 5.76 Å². The molecule has 0 N–H and O–H groups in total. The molecule has 3 amide bonds. The second-order valence-corrected chi connectivity index (χ2v) is 8.01. The predicted octanol–water partition coefficient (Wildman–Crippen LogP) is 2.42.